The molecule has 2 aromatic heterocycles. The Kier molecular flexibility index (Phi) is 6.29. The van der Waals surface area contributed by atoms with Gasteiger partial charge < -0.3 is 18.6 Å². The summed E-state index contributed by atoms with van der Waals surface area (Å²) in [5.74, 6) is 0. The number of para-hydroxylation sites is 2. The highest BCUT2D eigenvalue weighted by molar-refractivity contribution is 7.01. The van der Waals surface area contributed by atoms with Gasteiger partial charge in [-0.2, -0.15) is 0 Å². The highest BCUT2D eigenvalue weighted by Crippen LogP contribution is 2.57. The Hall–Kier alpha value is -7.24. The number of nitrogens with zero attached hydrogens (tertiary/aromatic N) is 2. The van der Waals surface area contributed by atoms with Crippen molar-refractivity contribution in [2.24, 2.45) is 0 Å². The van der Waals surface area contributed by atoms with Gasteiger partial charge in [-0.15, -0.1) is 0 Å². The largest absolute Gasteiger partial charge is 0.457 e. The minimum atomic E-state index is -0.113. The topological polar surface area (TPSA) is 32.8 Å². The van der Waals surface area contributed by atoms with Gasteiger partial charge in [-0.3, -0.25) is 0 Å². The zero-order chi connectivity index (χ0) is 38.4. The molecule has 58 heavy (non-hydrogen) atoms. The molecule has 0 unspecified atom stereocenters. The number of anilines is 6. The molecular weight excluding hydrogens is 707 g/mol. The maximum atomic E-state index is 7.04. The molecule has 0 atom stereocenters. The maximum Gasteiger partial charge on any atom is 0.253 e. The number of hydrogen-bond donors (Lipinski definition) is 0. The first-order valence-electron chi connectivity index (χ1n) is 20.1. The Morgan fingerprint density at radius 3 is 1.71 bits per heavy atom. The lowest BCUT2D eigenvalue weighted by Crippen LogP contribution is -2.59. The van der Waals surface area contributed by atoms with Crippen molar-refractivity contribution in [2.45, 2.75) is 20.8 Å². The predicted molar refractivity (Wildman–Crippen MR) is 244 cm³/mol. The highest BCUT2D eigenvalue weighted by Gasteiger charge is 2.45. The van der Waals surface area contributed by atoms with E-state index >= 15 is 0 Å². The van der Waals surface area contributed by atoms with E-state index in [-0.39, 0.29) is 6.71 Å². The van der Waals surface area contributed by atoms with Gasteiger partial charge in [0.15, 0.2) is 0 Å². The summed E-state index contributed by atoms with van der Waals surface area (Å²) in [6.45, 7) is 6.66. The van der Waals surface area contributed by atoms with Crippen LogP contribution in [0, 0.1) is 20.8 Å². The van der Waals surface area contributed by atoms with Gasteiger partial charge in [0, 0.05) is 33.3 Å². The third-order valence-electron chi connectivity index (χ3n) is 12.9. The third kappa shape index (κ3) is 4.20. The van der Waals surface area contributed by atoms with Crippen molar-refractivity contribution < 1.29 is 8.83 Å². The molecule has 0 aliphatic carbocycles. The van der Waals surface area contributed by atoms with Gasteiger partial charge in [-0.05, 0) is 108 Å². The first-order chi connectivity index (χ1) is 28.5. The fourth-order valence-corrected chi connectivity index (χ4v) is 10.6. The normalized spacial score (nSPS) is 13.3. The number of benzene rings is 9. The van der Waals surface area contributed by atoms with Crippen LogP contribution in [0.15, 0.2) is 167 Å². The summed E-state index contributed by atoms with van der Waals surface area (Å²) in [5.41, 5.74) is 18.0. The van der Waals surface area contributed by atoms with Gasteiger partial charge in [-0.25, -0.2) is 0 Å². The Labute approximate surface area is 335 Å². The molecule has 5 heteroatoms. The number of hydrogen-bond acceptors (Lipinski definition) is 4. The lowest BCUT2D eigenvalue weighted by Gasteiger charge is -2.46. The summed E-state index contributed by atoms with van der Waals surface area (Å²) in [6.07, 6.45) is 0. The van der Waals surface area contributed by atoms with Crippen molar-refractivity contribution in [3.05, 3.63) is 174 Å². The molecule has 0 amide bonds. The van der Waals surface area contributed by atoms with E-state index in [0.717, 1.165) is 72.3 Å². The second-order valence-corrected chi connectivity index (χ2v) is 16.2. The second kappa shape index (κ2) is 11.4. The average Bonchev–Trinajstić information content (AvgIpc) is 3.81. The van der Waals surface area contributed by atoms with E-state index < -0.39 is 0 Å². The van der Waals surface area contributed by atoms with E-state index in [0.29, 0.717) is 0 Å². The first kappa shape index (κ1) is 31.9. The second-order valence-electron chi connectivity index (χ2n) is 16.2. The zero-order valence-electron chi connectivity index (χ0n) is 32.3. The molecule has 9 aromatic carbocycles. The fourth-order valence-electron chi connectivity index (χ4n) is 10.6. The lowest BCUT2D eigenvalue weighted by atomic mass is 9.33. The zero-order valence-corrected chi connectivity index (χ0v) is 32.3. The fraction of sp³-hybridized carbons (Fsp3) is 0.0566. The molecule has 0 spiro atoms. The SMILES string of the molecule is Cc1cc(C)c(B2c3c4c(cc5ccccc35)N(c3ccc5c(c3)oc3ccccc35)c3cc5ccccc5cc3N4c3ccc4c(oc5ccccc54)c32)c(C)c1. The quantitative estimate of drug-likeness (QED) is 0.165. The maximum absolute atomic E-state index is 7.04. The molecule has 4 nitrogen and oxygen atoms in total. The number of fused-ring (bicyclic) bond motifs is 14. The average molecular weight is 743 g/mol. The molecule has 2 aliphatic heterocycles. The molecule has 0 radical (unpaired) electrons. The standard InChI is InChI=1S/C53H35BN2O2/c1-30-24-31(2)49(32(3)25-30)54-50-37-15-7-6-14-35(37)28-45-52(50)56(42-23-22-41-39-17-9-11-19-47(39)58-53(41)51(42)54)44-27-34-13-5-4-12-33(34)26-43(44)55(45)36-20-21-40-38-16-8-10-18-46(38)57-48(40)29-36/h4-29H,1-3H3. The van der Waals surface area contributed by atoms with Crippen LogP contribution in [0.2, 0.25) is 0 Å². The summed E-state index contributed by atoms with van der Waals surface area (Å²) in [4.78, 5) is 5.03. The number of aryl methyl sites for hydroxylation is 3. The van der Waals surface area contributed by atoms with Gasteiger partial charge in [-0.1, -0.05) is 119 Å². The van der Waals surface area contributed by atoms with Gasteiger partial charge in [0.05, 0.1) is 28.4 Å². The van der Waals surface area contributed by atoms with Crippen LogP contribution in [0.4, 0.5) is 34.1 Å². The molecule has 13 rings (SSSR count). The molecule has 0 saturated heterocycles. The van der Waals surface area contributed by atoms with Crippen LogP contribution in [0.25, 0.3) is 65.4 Å². The first-order valence-corrected chi connectivity index (χ1v) is 20.1. The van der Waals surface area contributed by atoms with Crippen LogP contribution in [-0.4, -0.2) is 6.71 Å². The van der Waals surface area contributed by atoms with Crippen molar-refractivity contribution >= 4 is 123 Å². The van der Waals surface area contributed by atoms with Crippen LogP contribution in [-0.2, 0) is 0 Å². The third-order valence-corrected chi connectivity index (χ3v) is 12.9. The molecule has 11 aromatic rings. The lowest BCUT2D eigenvalue weighted by molar-refractivity contribution is 0.669. The smallest absolute Gasteiger partial charge is 0.253 e. The summed E-state index contributed by atoms with van der Waals surface area (Å²) < 4.78 is 13.6. The van der Waals surface area contributed by atoms with Crippen LogP contribution in [0.3, 0.4) is 0 Å². The summed E-state index contributed by atoms with van der Waals surface area (Å²) in [7, 11) is 0. The molecule has 0 fully saturated rings. The molecule has 0 N–H and O–H groups in total. The van der Waals surface area contributed by atoms with Crippen LogP contribution in [0.1, 0.15) is 16.7 Å². The Balaban J connectivity index is 1.22. The van der Waals surface area contributed by atoms with E-state index in [4.69, 9.17) is 8.83 Å². The molecule has 2 aliphatic rings. The van der Waals surface area contributed by atoms with Gasteiger partial charge in [0.1, 0.15) is 22.3 Å². The van der Waals surface area contributed by atoms with Crippen LogP contribution in [0.5, 0.6) is 0 Å². The van der Waals surface area contributed by atoms with E-state index in [1.807, 2.05) is 6.07 Å². The van der Waals surface area contributed by atoms with Gasteiger partial charge in [0.2, 0.25) is 0 Å². The van der Waals surface area contributed by atoms with Crippen molar-refractivity contribution in [1.29, 1.82) is 0 Å². The monoisotopic (exact) mass is 742 g/mol. The molecule has 0 bridgehead atoms. The van der Waals surface area contributed by atoms with Gasteiger partial charge >= 0.3 is 0 Å². The van der Waals surface area contributed by atoms with E-state index in [1.165, 1.54) is 60.3 Å². The van der Waals surface area contributed by atoms with E-state index in [2.05, 4.69) is 182 Å². The summed E-state index contributed by atoms with van der Waals surface area (Å²) in [6, 6.07) is 57.7. The minimum absolute atomic E-state index is 0.113. The van der Waals surface area contributed by atoms with Crippen LogP contribution < -0.4 is 26.2 Å². The van der Waals surface area contributed by atoms with Gasteiger partial charge in [0.25, 0.3) is 6.71 Å². The van der Waals surface area contributed by atoms with Crippen LogP contribution >= 0.6 is 0 Å². The number of rotatable bonds is 2. The van der Waals surface area contributed by atoms with E-state index in [9.17, 15) is 0 Å². The number of furan rings is 2. The Morgan fingerprint density at radius 2 is 0.966 bits per heavy atom. The summed E-state index contributed by atoms with van der Waals surface area (Å²) in [5, 5.41) is 9.34. The molecule has 4 heterocycles. The summed E-state index contributed by atoms with van der Waals surface area (Å²) >= 11 is 0. The van der Waals surface area contributed by atoms with E-state index in [1.54, 1.807) is 0 Å². The highest BCUT2D eigenvalue weighted by atomic mass is 16.3. The molecule has 0 saturated carbocycles. The van der Waals surface area contributed by atoms with Crippen molar-refractivity contribution in [3.8, 4) is 0 Å². The minimum Gasteiger partial charge on any atom is -0.457 e. The predicted octanol–water partition coefficient (Wildman–Crippen LogP) is 12.8. The Morgan fingerprint density at radius 1 is 0.397 bits per heavy atom. The van der Waals surface area contributed by atoms with Crippen molar-refractivity contribution in [3.63, 3.8) is 0 Å². The molecule has 272 valence electrons. The van der Waals surface area contributed by atoms with Crippen molar-refractivity contribution in [1.82, 2.24) is 0 Å². The Bertz CT molecular complexity index is 3570. The van der Waals surface area contributed by atoms with Crippen molar-refractivity contribution in [2.75, 3.05) is 9.80 Å². The molecular formula is C53H35BN2O2.